The van der Waals surface area contributed by atoms with Crippen molar-refractivity contribution in [1.29, 1.82) is 0 Å². The van der Waals surface area contributed by atoms with Gasteiger partial charge in [0.15, 0.2) is 0 Å². The lowest BCUT2D eigenvalue weighted by Crippen LogP contribution is -2.40. The largest absolute Gasteiger partial charge is 0.346 e. The molecule has 1 amide bonds. The van der Waals surface area contributed by atoms with Crippen LogP contribution in [0.3, 0.4) is 0 Å². The van der Waals surface area contributed by atoms with E-state index in [-0.39, 0.29) is 11.8 Å². The summed E-state index contributed by atoms with van der Waals surface area (Å²) in [5, 5.41) is 5.36. The first kappa shape index (κ1) is 24.2. The summed E-state index contributed by atoms with van der Waals surface area (Å²) >= 11 is 0. The Bertz CT molecular complexity index is 1260. The lowest BCUT2D eigenvalue weighted by atomic mass is 9.97. The Hall–Kier alpha value is -2.94. The molecule has 0 aliphatic carbocycles. The minimum Gasteiger partial charge on any atom is -0.346 e. The molecule has 180 valence electrons. The van der Waals surface area contributed by atoms with Gasteiger partial charge >= 0.3 is 0 Å². The molecule has 2 aromatic carbocycles. The summed E-state index contributed by atoms with van der Waals surface area (Å²) in [7, 11) is 0.606. The Balaban J connectivity index is 1.33. The van der Waals surface area contributed by atoms with Crippen molar-refractivity contribution in [2.24, 2.45) is 5.92 Å². The van der Waals surface area contributed by atoms with Crippen LogP contribution in [0.25, 0.3) is 17.0 Å². The molecule has 1 N–H and O–H groups in total. The van der Waals surface area contributed by atoms with Gasteiger partial charge in [0.1, 0.15) is 0 Å². The number of benzene rings is 2. The van der Waals surface area contributed by atoms with Gasteiger partial charge in [0, 0.05) is 60.3 Å². The number of hydrogen-bond donors (Lipinski definition) is 1. The minimum absolute atomic E-state index is 0.0525. The molecule has 1 aliphatic heterocycles. The van der Waals surface area contributed by atoms with Crippen LogP contribution in [0.2, 0.25) is 0 Å². The summed E-state index contributed by atoms with van der Waals surface area (Å²) < 4.78 is 29.0. The number of hydrogen-bond acceptors (Lipinski definition) is 4. The molecule has 0 unspecified atom stereocenters. The van der Waals surface area contributed by atoms with Crippen molar-refractivity contribution in [2.45, 2.75) is 19.4 Å². The number of carbonyl (C=O) groups is 1. The summed E-state index contributed by atoms with van der Waals surface area (Å²) in [5.74, 6) is -0.256. The van der Waals surface area contributed by atoms with Gasteiger partial charge in [0.2, 0.25) is 15.9 Å². The average molecular weight is 481 g/mol. The highest BCUT2D eigenvalue weighted by atomic mass is 32.2. The van der Waals surface area contributed by atoms with Gasteiger partial charge in [-0.1, -0.05) is 30.3 Å². The molecule has 1 saturated heterocycles. The number of nitrogens with one attached hydrogen (secondary N) is 1. The van der Waals surface area contributed by atoms with Crippen molar-refractivity contribution in [1.82, 2.24) is 13.8 Å². The molecule has 2 heterocycles. The predicted molar refractivity (Wildman–Crippen MR) is 138 cm³/mol. The van der Waals surface area contributed by atoms with Gasteiger partial charge in [-0.25, -0.2) is 8.42 Å². The highest BCUT2D eigenvalue weighted by Crippen LogP contribution is 2.25. The van der Waals surface area contributed by atoms with E-state index in [1.807, 2.05) is 48.5 Å². The SMILES string of the molecule is CN(C)CCn1ccc2cc(NC(=O)C3CCN(S(=O)(=O)/C=C/c4ccccc4)CC3)ccc21. The zero-order valence-corrected chi connectivity index (χ0v) is 20.5. The predicted octanol–water partition coefficient (Wildman–Crippen LogP) is 3.85. The first-order valence-corrected chi connectivity index (χ1v) is 13.1. The van der Waals surface area contributed by atoms with Crippen LogP contribution >= 0.6 is 0 Å². The lowest BCUT2D eigenvalue weighted by Gasteiger charge is -2.29. The molecule has 0 spiro atoms. The van der Waals surface area contributed by atoms with Gasteiger partial charge in [-0.2, -0.15) is 4.31 Å². The maximum absolute atomic E-state index is 12.8. The van der Waals surface area contributed by atoms with Crippen molar-refractivity contribution in [3.8, 4) is 0 Å². The van der Waals surface area contributed by atoms with E-state index < -0.39 is 10.0 Å². The standard InChI is InChI=1S/C26H32N4O3S/c1-28(2)17-18-29-14-10-23-20-24(8-9-25(23)29)27-26(31)22-11-15-30(16-12-22)34(32,33)19-13-21-6-4-3-5-7-21/h3-10,13-14,19-20,22H,11-12,15-18H2,1-2H3,(H,27,31)/b19-13+. The van der Waals surface area contributed by atoms with Crippen molar-refractivity contribution < 1.29 is 13.2 Å². The summed E-state index contributed by atoms with van der Waals surface area (Å²) in [6.07, 6.45) is 4.70. The molecule has 8 heteroatoms. The monoisotopic (exact) mass is 480 g/mol. The van der Waals surface area contributed by atoms with Crippen LogP contribution in [0, 0.1) is 5.92 Å². The fraction of sp³-hybridized carbons (Fsp3) is 0.346. The number of sulfonamides is 1. The molecule has 7 nitrogen and oxygen atoms in total. The fourth-order valence-electron chi connectivity index (χ4n) is 4.21. The Morgan fingerprint density at radius 2 is 1.82 bits per heavy atom. The van der Waals surface area contributed by atoms with E-state index >= 15 is 0 Å². The molecule has 4 rings (SSSR count). The number of likely N-dealkylation sites (N-methyl/N-ethyl adjacent to an activating group) is 1. The fourth-order valence-corrected chi connectivity index (χ4v) is 5.43. The van der Waals surface area contributed by atoms with Crippen molar-refractivity contribution >= 4 is 38.6 Å². The van der Waals surface area contributed by atoms with Gasteiger partial charge in [0.25, 0.3) is 0 Å². The van der Waals surface area contributed by atoms with Crippen LogP contribution in [0.1, 0.15) is 18.4 Å². The second-order valence-corrected chi connectivity index (χ2v) is 10.8. The van der Waals surface area contributed by atoms with Crippen LogP contribution in [0.15, 0.2) is 66.2 Å². The maximum atomic E-state index is 12.8. The molecular weight excluding hydrogens is 448 g/mol. The summed E-state index contributed by atoms with van der Waals surface area (Å²) in [5.41, 5.74) is 2.75. The van der Waals surface area contributed by atoms with Gasteiger partial charge in [-0.3, -0.25) is 4.79 Å². The average Bonchev–Trinajstić information content (AvgIpc) is 3.24. The number of carbonyl (C=O) groups excluding carboxylic acids is 1. The molecule has 1 fully saturated rings. The molecule has 3 aromatic rings. The molecule has 0 atom stereocenters. The van der Waals surface area contributed by atoms with E-state index in [9.17, 15) is 13.2 Å². The Morgan fingerprint density at radius 1 is 1.09 bits per heavy atom. The van der Waals surface area contributed by atoms with Gasteiger partial charge in [-0.15, -0.1) is 0 Å². The summed E-state index contributed by atoms with van der Waals surface area (Å²) in [6.45, 7) is 2.55. The molecular formula is C26H32N4O3S. The lowest BCUT2D eigenvalue weighted by molar-refractivity contribution is -0.120. The molecule has 34 heavy (non-hydrogen) atoms. The number of fused-ring (bicyclic) bond motifs is 1. The molecule has 0 bridgehead atoms. The molecule has 0 saturated carbocycles. The van der Waals surface area contributed by atoms with Crippen LogP contribution in [0.4, 0.5) is 5.69 Å². The van der Waals surface area contributed by atoms with Crippen molar-refractivity contribution in [3.05, 3.63) is 71.8 Å². The second-order valence-electron chi connectivity index (χ2n) is 9.01. The molecule has 1 aliphatic rings. The topological polar surface area (TPSA) is 74.7 Å². The number of nitrogens with zero attached hydrogens (tertiary/aromatic N) is 3. The zero-order valence-electron chi connectivity index (χ0n) is 19.7. The third-order valence-electron chi connectivity index (χ3n) is 6.24. The number of aromatic nitrogens is 1. The van der Waals surface area contributed by atoms with E-state index in [0.29, 0.717) is 25.9 Å². The second kappa shape index (κ2) is 10.5. The number of rotatable bonds is 8. The molecule has 1 aromatic heterocycles. The number of anilines is 1. The quantitative estimate of drug-likeness (QED) is 0.531. The van der Waals surface area contributed by atoms with Crippen LogP contribution in [-0.4, -0.2) is 61.8 Å². The third kappa shape index (κ3) is 5.94. The Kier molecular flexibility index (Phi) is 7.50. The van der Waals surface area contributed by atoms with E-state index in [1.165, 1.54) is 9.71 Å². The van der Waals surface area contributed by atoms with E-state index in [2.05, 4.69) is 41.1 Å². The number of piperidine rings is 1. The van der Waals surface area contributed by atoms with Crippen LogP contribution < -0.4 is 5.32 Å². The Labute approximate surface area is 201 Å². The van der Waals surface area contributed by atoms with Gasteiger partial charge in [0.05, 0.1) is 0 Å². The van der Waals surface area contributed by atoms with E-state index in [0.717, 1.165) is 35.2 Å². The highest BCUT2D eigenvalue weighted by Gasteiger charge is 2.30. The summed E-state index contributed by atoms with van der Waals surface area (Å²) in [6, 6.07) is 17.4. The smallest absolute Gasteiger partial charge is 0.236 e. The van der Waals surface area contributed by atoms with Gasteiger partial charge in [-0.05, 0) is 62.8 Å². The first-order valence-electron chi connectivity index (χ1n) is 11.6. The van der Waals surface area contributed by atoms with Crippen LogP contribution in [-0.2, 0) is 21.4 Å². The normalized spacial score (nSPS) is 16.0. The highest BCUT2D eigenvalue weighted by molar-refractivity contribution is 7.92. The first-order chi connectivity index (χ1) is 16.3. The van der Waals surface area contributed by atoms with Gasteiger partial charge < -0.3 is 14.8 Å². The van der Waals surface area contributed by atoms with E-state index in [1.54, 1.807) is 6.08 Å². The van der Waals surface area contributed by atoms with Crippen molar-refractivity contribution in [2.75, 3.05) is 39.0 Å². The Morgan fingerprint density at radius 3 is 2.53 bits per heavy atom. The summed E-state index contributed by atoms with van der Waals surface area (Å²) in [4.78, 5) is 15.0. The van der Waals surface area contributed by atoms with Crippen molar-refractivity contribution in [3.63, 3.8) is 0 Å². The maximum Gasteiger partial charge on any atom is 0.236 e. The van der Waals surface area contributed by atoms with Crippen LogP contribution in [0.5, 0.6) is 0 Å². The minimum atomic E-state index is -3.51. The number of amides is 1. The third-order valence-corrected chi connectivity index (χ3v) is 7.81. The van der Waals surface area contributed by atoms with E-state index in [4.69, 9.17) is 0 Å². The zero-order chi connectivity index (χ0) is 24.1. The molecule has 0 radical (unpaired) electrons.